The summed E-state index contributed by atoms with van der Waals surface area (Å²) in [5, 5.41) is 3.30. The van der Waals surface area contributed by atoms with Crippen molar-refractivity contribution >= 4 is 21.6 Å². The smallest absolute Gasteiger partial charge is 0.142 e. The Morgan fingerprint density at radius 3 is 2.74 bits per heavy atom. The van der Waals surface area contributed by atoms with Crippen molar-refractivity contribution in [2.45, 2.75) is 13.5 Å². The van der Waals surface area contributed by atoms with Crippen LogP contribution >= 0.6 is 15.9 Å². The fourth-order valence-electron chi connectivity index (χ4n) is 1.75. The fraction of sp³-hybridized carbons (Fsp3) is 0.200. The molecule has 0 aliphatic rings. The molecular formula is C15H15BrFNO. The van der Waals surface area contributed by atoms with Gasteiger partial charge in [-0.2, -0.15) is 0 Å². The molecule has 2 nitrogen and oxygen atoms in total. The van der Waals surface area contributed by atoms with E-state index in [9.17, 15) is 4.39 Å². The van der Waals surface area contributed by atoms with Gasteiger partial charge in [-0.05, 0) is 36.8 Å². The van der Waals surface area contributed by atoms with Crippen molar-refractivity contribution in [1.29, 1.82) is 0 Å². The first-order chi connectivity index (χ1) is 9.20. The molecule has 0 saturated carbocycles. The fourth-order valence-corrected chi connectivity index (χ4v) is 2.24. The zero-order chi connectivity index (χ0) is 13.7. The minimum absolute atomic E-state index is 0.245. The molecule has 19 heavy (non-hydrogen) atoms. The third kappa shape index (κ3) is 3.70. The summed E-state index contributed by atoms with van der Waals surface area (Å²) in [5.74, 6) is 0.577. The van der Waals surface area contributed by atoms with E-state index in [-0.39, 0.29) is 5.82 Å². The van der Waals surface area contributed by atoms with E-state index in [2.05, 4.69) is 21.2 Å². The van der Waals surface area contributed by atoms with Crippen LogP contribution in [0.1, 0.15) is 12.5 Å². The Balaban J connectivity index is 2.10. The molecule has 0 unspecified atom stereocenters. The first-order valence-electron chi connectivity index (χ1n) is 6.10. The van der Waals surface area contributed by atoms with Gasteiger partial charge in [0, 0.05) is 11.0 Å². The summed E-state index contributed by atoms with van der Waals surface area (Å²) in [6.07, 6.45) is 0. The molecule has 0 saturated heterocycles. The minimum atomic E-state index is -0.245. The number of benzene rings is 2. The Bertz CT molecular complexity index is 560. The molecule has 100 valence electrons. The largest absolute Gasteiger partial charge is 0.492 e. The normalized spacial score (nSPS) is 10.3. The molecule has 0 atom stereocenters. The maximum absolute atomic E-state index is 13.0. The van der Waals surface area contributed by atoms with E-state index in [0.717, 1.165) is 21.5 Å². The van der Waals surface area contributed by atoms with Crippen molar-refractivity contribution in [3.8, 4) is 5.75 Å². The number of anilines is 1. The number of rotatable bonds is 5. The predicted molar refractivity (Wildman–Crippen MR) is 79.0 cm³/mol. The molecule has 0 radical (unpaired) electrons. The summed E-state index contributed by atoms with van der Waals surface area (Å²) in [7, 11) is 0. The molecule has 2 aromatic rings. The van der Waals surface area contributed by atoms with Crippen LogP contribution in [0.5, 0.6) is 5.75 Å². The SMILES string of the molecule is CCOc1ccccc1NCc1ccc(F)cc1Br. The van der Waals surface area contributed by atoms with Gasteiger partial charge in [-0.1, -0.05) is 34.1 Å². The van der Waals surface area contributed by atoms with Gasteiger partial charge in [0.2, 0.25) is 0 Å². The Labute approximate surface area is 120 Å². The van der Waals surface area contributed by atoms with E-state index in [0.29, 0.717) is 13.2 Å². The lowest BCUT2D eigenvalue weighted by molar-refractivity contribution is 0.341. The molecule has 0 fully saturated rings. The molecule has 0 bridgehead atoms. The molecule has 0 aliphatic carbocycles. The van der Waals surface area contributed by atoms with Crippen molar-refractivity contribution in [2.24, 2.45) is 0 Å². The van der Waals surface area contributed by atoms with Crippen molar-refractivity contribution in [3.63, 3.8) is 0 Å². The van der Waals surface area contributed by atoms with Crippen LogP contribution in [0.2, 0.25) is 0 Å². The van der Waals surface area contributed by atoms with Crippen LogP contribution in [0.25, 0.3) is 0 Å². The zero-order valence-electron chi connectivity index (χ0n) is 10.6. The van der Waals surface area contributed by atoms with Gasteiger partial charge >= 0.3 is 0 Å². The third-order valence-electron chi connectivity index (χ3n) is 2.67. The lowest BCUT2D eigenvalue weighted by atomic mass is 10.2. The van der Waals surface area contributed by atoms with Gasteiger partial charge < -0.3 is 10.1 Å². The topological polar surface area (TPSA) is 21.3 Å². The van der Waals surface area contributed by atoms with Crippen molar-refractivity contribution < 1.29 is 9.13 Å². The Hall–Kier alpha value is -1.55. The molecule has 2 rings (SSSR count). The number of hydrogen-bond acceptors (Lipinski definition) is 2. The number of ether oxygens (including phenoxy) is 1. The maximum atomic E-state index is 13.0. The molecular weight excluding hydrogens is 309 g/mol. The first-order valence-corrected chi connectivity index (χ1v) is 6.89. The van der Waals surface area contributed by atoms with E-state index in [1.165, 1.54) is 12.1 Å². The highest BCUT2D eigenvalue weighted by atomic mass is 79.9. The van der Waals surface area contributed by atoms with Crippen LogP contribution in [0.4, 0.5) is 10.1 Å². The quantitative estimate of drug-likeness (QED) is 0.868. The van der Waals surface area contributed by atoms with Crippen LogP contribution in [-0.2, 0) is 6.54 Å². The van der Waals surface area contributed by atoms with Gasteiger partial charge in [0.05, 0.1) is 12.3 Å². The van der Waals surface area contributed by atoms with Gasteiger partial charge in [-0.25, -0.2) is 4.39 Å². The standard InChI is InChI=1S/C15H15BrFNO/c1-2-19-15-6-4-3-5-14(15)18-10-11-7-8-12(17)9-13(11)16/h3-9,18H,2,10H2,1H3. The second-order valence-corrected chi connectivity index (χ2v) is 4.87. The van der Waals surface area contributed by atoms with Crippen LogP contribution < -0.4 is 10.1 Å². The average molecular weight is 324 g/mol. The summed E-state index contributed by atoms with van der Waals surface area (Å²) in [5.41, 5.74) is 1.92. The molecule has 0 spiro atoms. The zero-order valence-corrected chi connectivity index (χ0v) is 12.2. The predicted octanol–water partition coefficient (Wildman–Crippen LogP) is 4.60. The van der Waals surface area contributed by atoms with E-state index in [1.54, 1.807) is 6.07 Å². The number of halogens is 2. The molecule has 4 heteroatoms. The van der Waals surface area contributed by atoms with Crippen LogP contribution in [0.3, 0.4) is 0 Å². The van der Waals surface area contributed by atoms with Crippen LogP contribution in [-0.4, -0.2) is 6.61 Å². The lowest BCUT2D eigenvalue weighted by Crippen LogP contribution is -2.03. The van der Waals surface area contributed by atoms with Gasteiger partial charge in [0.15, 0.2) is 0 Å². The average Bonchev–Trinajstić information content (AvgIpc) is 2.40. The second-order valence-electron chi connectivity index (χ2n) is 4.02. The van der Waals surface area contributed by atoms with E-state index in [1.807, 2.05) is 31.2 Å². The summed E-state index contributed by atoms with van der Waals surface area (Å²) >= 11 is 3.36. The summed E-state index contributed by atoms with van der Waals surface area (Å²) in [6.45, 7) is 3.18. The van der Waals surface area contributed by atoms with Crippen LogP contribution in [0, 0.1) is 5.82 Å². The van der Waals surface area contributed by atoms with Crippen molar-refractivity contribution in [2.75, 3.05) is 11.9 Å². The molecule has 0 aromatic heterocycles. The molecule has 0 heterocycles. The molecule has 0 aliphatic heterocycles. The van der Waals surface area contributed by atoms with Gasteiger partial charge in [0.25, 0.3) is 0 Å². The second kappa shape index (κ2) is 6.57. The minimum Gasteiger partial charge on any atom is -0.492 e. The summed E-state index contributed by atoms with van der Waals surface area (Å²) < 4.78 is 19.3. The Morgan fingerprint density at radius 2 is 2.00 bits per heavy atom. The van der Waals surface area contributed by atoms with Crippen molar-refractivity contribution in [3.05, 3.63) is 58.3 Å². The molecule has 2 aromatic carbocycles. The maximum Gasteiger partial charge on any atom is 0.142 e. The van der Waals surface area contributed by atoms with E-state index < -0.39 is 0 Å². The third-order valence-corrected chi connectivity index (χ3v) is 3.41. The first kappa shape index (κ1) is 13.9. The number of hydrogen-bond donors (Lipinski definition) is 1. The monoisotopic (exact) mass is 323 g/mol. The van der Waals surface area contributed by atoms with Gasteiger partial charge in [-0.3, -0.25) is 0 Å². The van der Waals surface area contributed by atoms with Gasteiger partial charge in [0.1, 0.15) is 11.6 Å². The Morgan fingerprint density at radius 1 is 1.21 bits per heavy atom. The number of para-hydroxylation sites is 2. The van der Waals surface area contributed by atoms with E-state index in [4.69, 9.17) is 4.74 Å². The van der Waals surface area contributed by atoms with E-state index >= 15 is 0 Å². The highest BCUT2D eigenvalue weighted by molar-refractivity contribution is 9.10. The van der Waals surface area contributed by atoms with Gasteiger partial charge in [-0.15, -0.1) is 0 Å². The summed E-state index contributed by atoms with van der Waals surface area (Å²) in [6, 6.07) is 12.4. The highest BCUT2D eigenvalue weighted by Crippen LogP contribution is 2.25. The summed E-state index contributed by atoms with van der Waals surface area (Å²) in [4.78, 5) is 0. The van der Waals surface area contributed by atoms with Crippen LogP contribution in [0.15, 0.2) is 46.9 Å². The lowest BCUT2D eigenvalue weighted by Gasteiger charge is -2.13. The Kier molecular flexibility index (Phi) is 4.80. The number of nitrogens with one attached hydrogen (secondary N) is 1. The molecule has 1 N–H and O–H groups in total. The molecule has 0 amide bonds. The van der Waals surface area contributed by atoms with Crippen molar-refractivity contribution in [1.82, 2.24) is 0 Å². The highest BCUT2D eigenvalue weighted by Gasteiger charge is 2.04.